The van der Waals surface area contributed by atoms with Gasteiger partial charge in [-0.3, -0.25) is 4.79 Å². The van der Waals surface area contributed by atoms with Gasteiger partial charge in [-0.1, -0.05) is 29.5 Å². The van der Waals surface area contributed by atoms with Crippen LogP contribution in [-0.2, 0) is 11.3 Å². The van der Waals surface area contributed by atoms with E-state index in [0.717, 1.165) is 15.1 Å². The monoisotopic (exact) mass is 340 g/mol. The number of hydrogen-bond donors (Lipinski definition) is 0. The molecule has 0 radical (unpaired) electrons. The minimum atomic E-state index is -0.250. The number of aromatic nitrogens is 1. The van der Waals surface area contributed by atoms with Gasteiger partial charge in [0.1, 0.15) is 0 Å². The van der Waals surface area contributed by atoms with Crippen LogP contribution in [0.15, 0.2) is 59.4 Å². The summed E-state index contributed by atoms with van der Waals surface area (Å²) in [5.41, 5.74) is 2.27. The van der Waals surface area contributed by atoms with Crippen LogP contribution in [0.1, 0.15) is 10.4 Å². The molecular weight excluding hydrogens is 324 g/mol. The van der Waals surface area contributed by atoms with Crippen LogP contribution >= 0.6 is 22.7 Å². The van der Waals surface area contributed by atoms with Crippen LogP contribution in [-0.4, -0.2) is 10.5 Å². The Kier molecular flexibility index (Phi) is 4.69. The maximum Gasteiger partial charge on any atom is 0.272 e. The molecule has 23 heavy (non-hydrogen) atoms. The van der Waals surface area contributed by atoms with Gasteiger partial charge in [0.2, 0.25) is 0 Å². The van der Waals surface area contributed by atoms with Gasteiger partial charge >= 0.3 is 0 Å². The summed E-state index contributed by atoms with van der Waals surface area (Å²) in [6.45, 7) is 6.48. The molecule has 2 aromatic heterocycles. The first-order valence-electron chi connectivity index (χ1n) is 7.18. The fourth-order valence-corrected chi connectivity index (χ4v) is 4.00. The van der Waals surface area contributed by atoms with Crippen molar-refractivity contribution in [3.8, 4) is 0 Å². The Labute approximate surface area is 142 Å². The minimum Gasteiger partial charge on any atom is -0.312 e. The van der Waals surface area contributed by atoms with E-state index in [-0.39, 0.29) is 5.91 Å². The number of hydrogen-bond acceptors (Lipinski definition) is 3. The maximum absolute atomic E-state index is 12.1. The van der Waals surface area contributed by atoms with Crippen molar-refractivity contribution in [3.63, 3.8) is 0 Å². The summed E-state index contributed by atoms with van der Waals surface area (Å²) in [5, 5.41) is 1.98. The first-order chi connectivity index (χ1) is 11.2. The zero-order valence-electron chi connectivity index (χ0n) is 12.7. The lowest BCUT2D eigenvalue weighted by atomic mass is 10.2. The van der Waals surface area contributed by atoms with Gasteiger partial charge in [-0.15, -0.1) is 17.9 Å². The van der Waals surface area contributed by atoms with Crippen LogP contribution in [0.25, 0.3) is 16.3 Å². The SMILES string of the molecule is C=CCn1c(=NC(=O)/C=C/c2cccs2)sc2cc(C)ccc21. The van der Waals surface area contributed by atoms with Crippen molar-refractivity contribution in [1.29, 1.82) is 0 Å². The number of carbonyl (C=O) groups is 1. The number of amides is 1. The number of aryl methyl sites for hydroxylation is 1. The highest BCUT2D eigenvalue weighted by molar-refractivity contribution is 7.16. The highest BCUT2D eigenvalue weighted by Gasteiger charge is 2.06. The summed E-state index contributed by atoms with van der Waals surface area (Å²) in [7, 11) is 0. The molecule has 0 fully saturated rings. The average molecular weight is 340 g/mol. The summed E-state index contributed by atoms with van der Waals surface area (Å²) < 4.78 is 3.14. The topological polar surface area (TPSA) is 34.4 Å². The molecule has 0 bridgehead atoms. The first-order valence-corrected chi connectivity index (χ1v) is 8.88. The lowest BCUT2D eigenvalue weighted by molar-refractivity contribution is -0.113. The Morgan fingerprint density at radius 1 is 1.39 bits per heavy atom. The molecule has 0 spiro atoms. The molecule has 3 aromatic rings. The molecule has 0 N–H and O–H groups in total. The molecule has 3 nitrogen and oxygen atoms in total. The van der Waals surface area contributed by atoms with Gasteiger partial charge < -0.3 is 4.57 Å². The molecule has 0 atom stereocenters. The summed E-state index contributed by atoms with van der Waals surface area (Å²) >= 11 is 3.12. The van der Waals surface area contributed by atoms with Crippen LogP contribution in [0.4, 0.5) is 0 Å². The number of thiophene rings is 1. The first kappa shape index (κ1) is 15.6. The molecule has 0 saturated carbocycles. The molecule has 5 heteroatoms. The van der Waals surface area contributed by atoms with E-state index < -0.39 is 0 Å². The second kappa shape index (κ2) is 6.89. The van der Waals surface area contributed by atoms with Gasteiger partial charge in [-0.2, -0.15) is 4.99 Å². The van der Waals surface area contributed by atoms with E-state index in [1.165, 1.54) is 23.0 Å². The molecule has 1 amide bonds. The van der Waals surface area contributed by atoms with Crippen LogP contribution < -0.4 is 4.80 Å². The normalized spacial score (nSPS) is 12.3. The Bertz CT molecular complexity index is 943. The zero-order valence-corrected chi connectivity index (χ0v) is 14.4. The van der Waals surface area contributed by atoms with E-state index in [2.05, 4.69) is 36.7 Å². The van der Waals surface area contributed by atoms with E-state index in [0.29, 0.717) is 11.3 Å². The van der Waals surface area contributed by atoms with Gasteiger partial charge in [-0.05, 0) is 42.1 Å². The quantitative estimate of drug-likeness (QED) is 0.512. The van der Waals surface area contributed by atoms with Crippen LogP contribution in [0.5, 0.6) is 0 Å². The zero-order chi connectivity index (χ0) is 16.2. The van der Waals surface area contributed by atoms with E-state index >= 15 is 0 Å². The smallest absolute Gasteiger partial charge is 0.272 e. The lowest BCUT2D eigenvalue weighted by Gasteiger charge is -2.00. The van der Waals surface area contributed by atoms with Gasteiger partial charge in [0.25, 0.3) is 5.91 Å². The molecule has 3 rings (SSSR count). The Hall–Kier alpha value is -2.24. The molecule has 0 aliphatic carbocycles. The summed E-state index contributed by atoms with van der Waals surface area (Å²) in [6, 6.07) is 10.2. The third-order valence-corrected chi connectivity index (χ3v) is 5.17. The third-order valence-electron chi connectivity index (χ3n) is 3.29. The predicted molar refractivity (Wildman–Crippen MR) is 98.7 cm³/mol. The molecule has 116 valence electrons. The molecule has 0 unspecified atom stereocenters. The maximum atomic E-state index is 12.1. The van der Waals surface area contributed by atoms with Crippen molar-refractivity contribution in [2.45, 2.75) is 13.5 Å². The summed E-state index contributed by atoms with van der Waals surface area (Å²) in [6.07, 6.45) is 5.13. The number of benzene rings is 1. The van der Waals surface area contributed by atoms with E-state index in [1.807, 2.05) is 28.2 Å². The Morgan fingerprint density at radius 2 is 2.26 bits per heavy atom. The molecule has 0 aliphatic rings. The number of thiazole rings is 1. The van der Waals surface area contributed by atoms with Gasteiger partial charge in [0.05, 0.1) is 10.2 Å². The van der Waals surface area contributed by atoms with Crippen molar-refractivity contribution in [2.24, 2.45) is 4.99 Å². The summed E-state index contributed by atoms with van der Waals surface area (Å²) in [4.78, 5) is 18.1. The fourth-order valence-electron chi connectivity index (χ4n) is 2.24. The molecule has 1 aromatic carbocycles. The lowest BCUT2D eigenvalue weighted by Crippen LogP contribution is -2.15. The van der Waals surface area contributed by atoms with Crippen LogP contribution in [0.3, 0.4) is 0 Å². The van der Waals surface area contributed by atoms with Crippen molar-refractivity contribution in [1.82, 2.24) is 4.57 Å². The van der Waals surface area contributed by atoms with Crippen LogP contribution in [0, 0.1) is 6.92 Å². The van der Waals surface area contributed by atoms with Crippen molar-refractivity contribution in [2.75, 3.05) is 0 Å². The Balaban J connectivity index is 2.01. The van der Waals surface area contributed by atoms with Crippen molar-refractivity contribution < 1.29 is 4.79 Å². The number of carbonyl (C=O) groups excluding carboxylic acids is 1. The average Bonchev–Trinajstić information content (AvgIpc) is 3.14. The standard InChI is InChI=1S/C18H16N2OS2/c1-3-10-20-15-8-6-13(2)12-16(15)23-18(20)19-17(21)9-7-14-5-4-11-22-14/h3-9,11-12H,1,10H2,2H3/b9-7+,19-18?. The third kappa shape index (κ3) is 3.57. The van der Waals surface area contributed by atoms with E-state index in [4.69, 9.17) is 0 Å². The number of fused-ring (bicyclic) bond motifs is 1. The second-order valence-corrected chi connectivity index (χ2v) is 7.04. The largest absolute Gasteiger partial charge is 0.312 e. The fraction of sp³-hybridized carbons (Fsp3) is 0.111. The van der Waals surface area contributed by atoms with Gasteiger partial charge in [-0.25, -0.2) is 0 Å². The molecular formula is C18H16N2OS2. The Morgan fingerprint density at radius 3 is 3.00 bits per heavy atom. The van der Waals surface area contributed by atoms with Crippen molar-refractivity contribution >= 4 is 44.9 Å². The number of nitrogens with zero attached hydrogens (tertiary/aromatic N) is 2. The minimum absolute atomic E-state index is 0.250. The van der Waals surface area contributed by atoms with E-state index in [9.17, 15) is 4.79 Å². The van der Waals surface area contributed by atoms with Crippen molar-refractivity contribution in [3.05, 3.63) is 69.7 Å². The van der Waals surface area contributed by atoms with E-state index in [1.54, 1.807) is 17.4 Å². The molecule has 0 aliphatic heterocycles. The highest BCUT2D eigenvalue weighted by atomic mass is 32.1. The predicted octanol–water partition coefficient (Wildman–Crippen LogP) is 4.40. The molecule has 0 saturated heterocycles. The second-order valence-electron chi connectivity index (χ2n) is 5.05. The van der Waals surface area contributed by atoms with Gasteiger partial charge in [0, 0.05) is 17.5 Å². The highest BCUT2D eigenvalue weighted by Crippen LogP contribution is 2.19. The molecule has 2 heterocycles. The summed E-state index contributed by atoms with van der Waals surface area (Å²) in [5.74, 6) is -0.250. The van der Waals surface area contributed by atoms with Crippen LogP contribution in [0.2, 0.25) is 0 Å². The number of rotatable bonds is 4. The van der Waals surface area contributed by atoms with Gasteiger partial charge in [0.15, 0.2) is 4.80 Å². The number of allylic oxidation sites excluding steroid dienone is 1.